The van der Waals surface area contributed by atoms with Gasteiger partial charge in [0.15, 0.2) is 0 Å². The van der Waals surface area contributed by atoms with Crippen molar-refractivity contribution >= 4 is 94.1 Å². The van der Waals surface area contributed by atoms with E-state index in [1.807, 2.05) is 0 Å². The van der Waals surface area contributed by atoms with Gasteiger partial charge < -0.3 is 0 Å². The van der Waals surface area contributed by atoms with Gasteiger partial charge in [0.2, 0.25) is 0 Å². The maximum absolute atomic E-state index is 8.60. The van der Waals surface area contributed by atoms with Crippen LogP contribution in [-0.2, 0) is 0 Å². The van der Waals surface area contributed by atoms with Crippen LogP contribution in [0.1, 0.15) is 0 Å². The monoisotopic (exact) mass is 666 g/mol. The molecule has 0 amide bonds. The average Bonchev–Trinajstić information content (AvgIpc) is 1.25. The molecule has 54 valence electrons. The first-order valence-corrected chi connectivity index (χ1v) is 7.35. The smallest absolute Gasteiger partial charge is 2.00 e. The van der Waals surface area contributed by atoms with Crippen molar-refractivity contribution in [2.45, 2.75) is 0 Å². The molecule has 10 heavy (non-hydrogen) atoms. The van der Waals surface area contributed by atoms with Crippen LogP contribution in [0.25, 0.3) is 0 Å². The molecule has 0 N–H and O–H groups in total. The van der Waals surface area contributed by atoms with Gasteiger partial charge >= 0.3 is 114 Å². The van der Waals surface area contributed by atoms with Crippen LogP contribution in [0, 0.1) is 0 Å². The van der Waals surface area contributed by atoms with Crippen LogP contribution in [0.3, 0.4) is 0 Å². The molecule has 0 atom stereocenters. The summed E-state index contributed by atoms with van der Waals surface area (Å²) in [7, 11) is 0. The van der Waals surface area contributed by atoms with E-state index in [-0.39, 0.29) is 51.2 Å². The van der Waals surface area contributed by atoms with Crippen molar-refractivity contribution in [3.05, 3.63) is 0 Å². The van der Waals surface area contributed by atoms with Gasteiger partial charge in [-0.2, -0.15) is 0 Å². The topological polar surface area (TPSA) is 138 Å². The van der Waals surface area contributed by atoms with Crippen LogP contribution < -0.4 is 20.3 Å². The third-order valence-electron chi connectivity index (χ3n) is 0. The van der Waals surface area contributed by atoms with Crippen molar-refractivity contribution < 1.29 is 20.3 Å². The second kappa shape index (κ2) is 18.0. The molecule has 0 saturated carbocycles. The van der Waals surface area contributed by atoms with E-state index in [9.17, 15) is 0 Å². The Kier molecular flexibility index (Phi) is 41.7. The molecule has 0 bridgehead atoms. The first-order chi connectivity index (χ1) is 3.46. The van der Waals surface area contributed by atoms with Gasteiger partial charge in [0.1, 0.15) is 0 Å². The molecule has 0 aliphatic heterocycles. The molecule has 0 aromatic rings. The van der Waals surface area contributed by atoms with Crippen LogP contribution >= 0.6 is 0 Å². The van der Waals surface area contributed by atoms with Crippen molar-refractivity contribution in [1.29, 1.82) is 0 Å². The fraction of sp³-hybridized carbons (Fsp3) is 0. The Hall–Kier alpha value is 3.12. The first-order valence-electron chi connectivity index (χ1n) is 1.10. The van der Waals surface area contributed by atoms with E-state index in [2.05, 4.69) is 0 Å². The average molecular weight is 665 g/mol. The summed E-state index contributed by atoms with van der Waals surface area (Å²) in [5.74, 6) is 0. The third kappa shape index (κ3) is 117. The van der Waals surface area contributed by atoms with Crippen LogP contribution in [0.15, 0.2) is 0 Å². The minimum Gasteiger partial charge on any atom is 2.00 e. The summed E-state index contributed by atoms with van der Waals surface area (Å²) in [5, 5.41) is 0. The van der Waals surface area contributed by atoms with Crippen molar-refractivity contribution in [2.24, 2.45) is 0 Å². The van der Waals surface area contributed by atoms with Crippen molar-refractivity contribution in [3.8, 4) is 0 Å². The molecule has 6 nitrogen and oxygen atoms in total. The van der Waals surface area contributed by atoms with Gasteiger partial charge in [-0.3, -0.25) is 0 Å². The van der Waals surface area contributed by atoms with Gasteiger partial charge in [-0.05, 0) is 0 Å². The molecule has 0 aliphatic rings. The molecular formula is O6PbSb2Sn. The molecule has 0 rings (SSSR count). The molecule has 0 saturated heterocycles. The largest absolute Gasteiger partial charge is 4.00 e. The second-order valence-corrected chi connectivity index (χ2v) is 3.00. The number of hydrogen-bond acceptors (Lipinski definition) is 6. The first kappa shape index (κ1) is 23.2. The molecule has 0 spiro atoms. The van der Waals surface area contributed by atoms with Gasteiger partial charge in [-0.25, -0.2) is 0 Å². The second-order valence-electron chi connectivity index (χ2n) is 0.447. The van der Waals surface area contributed by atoms with Gasteiger partial charge in [0, 0.05) is 0 Å². The molecule has 0 aromatic carbocycles. The molecule has 0 aliphatic carbocycles. The molecule has 10 heteroatoms. The van der Waals surface area contributed by atoms with Gasteiger partial charge in [-0.15, -0.1) is 0 Å². The summed E-state index contributed by atoms with van der Waals surface area (Å²) in [6.45, 7) is 0. The normalized spacial score (nSPS) is 7.20. The Morgan fingerprint density at radius 3 is 0.600 bits per heavy atom. The zero-order chi connectivity index (χ0) is 7.15. The molecule has 0 aromatic heterocycles. The third-order valence-corrected chi connectivity index (χ3v) is 0. The SMILES string of the molecule is [O-][Sb]([O-])[O-].[O-][Sb]([O-])[O-].[Pb+2].[Sn+4]. The van der Waals surface area contributed by atoms with Crippen molar-refractivity contribution in [2.75, 3.05) is 0 Å². The number of rotatable bonds is 0. The standard InChI is InChI=1S/6O.Pb.2Sb.Sn/q6*-1;+2;;;+4. The molecule has 0 heterocycles. The Morgan fingerprint density at radius 2 is 0.600 bits per heavy atom. The Bertz CT molecular complexity index is 31.2. The maximum atomic E-state index is 8.60. The Balaban J connectivity index is -0.0000000300. The predicted molar refractivity (Wildman–Crippen MR) is 23.0 cm³/mol. The van der Waals surface area contributed by atoms with Crippen molar-refractivity contribution in [3.63, 3.8) is 0 Å². The quantitative estimate of drug-likeness (QED) is 0.236. The van der Waals surface area contributed by atoms with Crippen LogP contribution in [0.2, 0.25) is 0 Å². The Labute approximate surface area is 112 Å². The summed E-state index contributed by atoms with van der Waals surface area (Å²) in [6.07, 6.45) is 0. The molecular weight excluding hydrogens is 665 g/mol. The van der Waals surface area contributed by atoms with Crippen LogP contribution in [0.4, 0.5) is 0 Å². The molecule has 2 radical (unpaired) electrons. The minimum absolute atomic E-state index is 0. The van der Waals surface area contributed by atoms with Crippen molar-refractivity contribution in [1.82, 2.24) is 0 Å². The van der Waals surface area contributed by atoms with E-state index in [1.54, 1.807) is 0 Å². The Morgan fingerprint density at radius 1 is 0.600 bits per heavy atom. The van der Waals surface area contributed by atoms with E-state index in [0.717, 1.165) is 0 Å². The van der Waals surface area contributed by atoms with Crippen LogP contribution in [-0.4, -0.2) is 94.1 Å². The van der Waals surface area contributed by atoms with Gasteiger partial charge in [0.05, 0.1) is 0 Å². The summed E-state index contributed by atoms with van der Waals surface area (Å²) < 4.78 is 51.6. The maximum Gasteiger partial charge on any atom is 4.00 e. The minimum atomic E-state index is -4.20. The van der Waals surface area contributed by atoms with Crippen LogP contribution in [0.5, 0.6) is 0 Å². The van der Waals surface area contributed by atoms with E-state index in [1.165, 1.54) is 0 Å². The molecule has 0 unspecified atom stereocenters. The summed E-state index contributed by atoms with van der Waals surface area (Å²) in [4.78, 5) is 0. The zero-order valence-corrected chi connectivity index (χ0v) is 16.2. The van der Waals surface area contributed by atoms with E-state index >= 15 is 0 Å². The molecule has 0 fully saturated rings. The summed E-state index contributed by atoms with van der Waals surface area (Å²) >= 11 is -8.40. The summed E-state index contributed by atoms with van der Waals surface area (Å²) in [6, 6.07) is 0. The summed E-state index contributed by atoms with van der Waals surface area (Å²) in [5.41, 5.74) is 0. The predicted octanol–water partition coefficient (Wildman–Crippen LogP) is -8.66. The fourth-order valence-corrected chi connectivity index (χ4v) is 0. The fourth-order valence-electron chi connectivity index (χ4n) is 0. The zero-order valence-electron chi connectivity index (χ0n) is 4.34. The van der Waals surface area contributed by atoms with E-state index < -0.39 is 42.9 Å². The van der Waals surface area contributed by atoms with E-state index in [0.29, 0.717) is 0 Å². The number of hydrogen-bond donors (Lipinski definition) is 0. The van der Waals surface area contributed by atoms with E-state index in [4.69, 9.17) is 20.3 Å². The van der Waals surface area contributed by atoms with Gasteiger partial charge in [-0.1, -0.05) is 0 Å². The van der Waals surface area contributed by atoms with Gasteiger partial charge in [0.25, 0.3) is 0 Å².